The molecule has 0 aromatic carbocycles. The molecular weight excluding hydrogens is 297 g/mol. The first-order valence-electron chi connectivity index (χ1n) is 7.66. The van der Waals surface area contributed by atoms with E-state index in [4.69, 9.17) is 5.73 Å². The molecule has 2 aromatic heterocycles. The minimum Gasteiger partial charge on any atom is -0.346 e. The van der Waals surface area contributed by atoms with Crippen LogP contribution < -0.4 is 11.1 Å². The normalized spacial score (nSPS) is 10.0. The second-order valence-electron chi connectivity index (χ2n) is 4.67. The fraction of sp³-hybridized carbons (Fsp3) is 0.438. The Labute approximate surface area is 135 Å². The lowest BCUT2D eigenvalue weighted by Gasteiger charge is -2.06. The van der Waals surface area contributed by atoms with E-state index in [1.807, 2.05) is 20.8 Å². The fourth-order valence-corrected chi connectivity index (χ4v) is 2.17. The van der Waals surface area contributed by atoms with Crippen molar-refractivity contribution in [3.8, 4) is 0 Å². The van der Waals surface area contributed by atoms with Gasteiger partial charge in [-0.05, 0) is 26.0 Å². The van der Waals surface area contributed by atoms with Gasteiger partial charge in [-0.1, -0.05) is 13.8 Å². The SMILES string of the molecule is CC.Cc1nn(CCN)c(C)c1C(=O)NCc1ncccc1F. The third-order valence-electron chi connectivity index (χ3n) is 3.20. The summed E-state index contributed by atoms with van der Waals surface area (Å²) in [5, 5.41) is 6.95. The average Bonchev–Trinajstić information content (AvgIpc) is 2.83. The van der Waals surface area contributed by atoms with E-state index < -0.39 is 5.82 Å². The van der Waals surface area contributed by atoms with E-state index in [2.05, 4.69) is 15.4 Å². The molecule has 2 heterocycles. The van der Waals surface area contributed by atoms with Crippen molar-refractivity contribution in [2.45, 2.75) is 40.8 Å². The predicted octanol–water partition coefficient (Wildman–Crippen LogP) is 1.95. The zero-order chi connectivity index (χ0) is 17.4. The molecule has 0 aliphatic rings. The van der Waals surface area contributed by atoms with Crippen LogP contribution in [0.25, 0.3) is 0 Å². The topological polar surface area (TPSA) is 85.8 Å². The van der Waals surface area contributed by atoms with E-state index in [9.17, 15) is 9.18 Å². The fourth-order valence-electron chi connectivity index (χ4n) is 2.17. The number of amides is 1. The highest BCUT2D eigenvalue weighted by atomic mass is 19.1. The number of hydrogen-bond donors (Lipinski definition) is 2. The number of pyridine rings is 1. The molecule has 0 fully saturated rings. The Morgan fingerprint density at radius 3 is 2.70 bits per heavy atom. The molecule has 2 rings (SSSR count). The maximum Gasteiger partial charge on any atom is 0.255 e. The third-order valence-corrected chi connectivity index (χ3v) is 3.20. The summed E-state index contributed by atoms with van der Waals surface area (Å²) in [7, 11) is 0. The molecule has 6 nitrogen and oxygen atoms in total. The summed E-state index contributed by atoms with van der Waals surface area (Å²) in [6, 6.07) is 2.82. The lowest BCUT2D eigenvalue weighted by atomic mass is 10.2. The van der Waals surface area contributed by atoms with E-state index in [0.717, 1.165) is 5.69 Å². The Hall–Kier alpha value is -2.28. The summed E-state index contributed by atoms with van der Waals surface area (Å²) in [5.74, 6) is -0.733. The molecule has 0 saturated carbocycles. The first kappa shape index (κ1) is 18.8. The quantitative estimate of drug-likeness (QED) is 0.881. The Morgan fingerprint density at radius 1 is 1.39 bits per heavy atom. The van der Waals surface area contributed by atoms with Gasteiger partial charge in [0, 0.05) is 18.4 Å². The van der Waals surface area contributed by atoms with Gasteiger partial charge in [-0.15, -0.1) is 0 Å². The minimum absolute atomic E-state index is 0.0342. The number of carbonyl (C=O) groups excluding carboxylic acids is 1. The van der Waals surface area contributed by atoms with Crippen LogP contribution >= 0.6 is 0 Å². The molecule has 1 amide bonds. The Kier molecular flexibility index (Phi) is 7.34. The summed E-state index contributed by atoms with van der Waals surface area (Å²) in [6.07, 6.45) is 1.49. The summed E-state index contributed by atoms with van der Waals surface area (Å²) >= 11 is 0. The highest BCUT2D eigenvalue weighted by Gasteiger charge is 2.18. The number of hydrogen-bond acceptors (Lipinski definition) is 4. The van der Waals surface area contributed by atoms with Crippen LogP contribution in [0.1, 0.15) is 41.3 Å². The molecule has 0 atom stereocenters. The lowest BCUT2D eigenvalue weighted by Crippen LogP contribution is -2.25. The molecule has 0 aliphatic heterocycles. The number of aromatic nitrogens is 3. The number of nitrogens with zero attached hydrogens (tertiary/aromatic N) is 3. The molecule has 7 heteroatoms. The molecule has 0 bridgehead atoms. The second-order valence-corrected chi connectivity index (χ2v) is 4.67. The van der Waals surface area contributed by atoms with E-state index >= 15 is 0 Å². The second kappa shape index (κ2) is 8.99. The third kappa shape index (κ3) is 4.59. The predicted molar refractivity (Wildman–Crippen MR) is 87.5 cm³/mol. The van der Waals surface area contributed by atoms with Crippen LogP contribution in [0.2, 0.25) is 0 Å². The maximum atomic E-state index is 13.5. The van der Waals surface area contributed by atoms with Gasteiger partial charge in [0.15, 0.2) is 0 Å². The van der Waals surface area contributed by atoms with Gasteiger partial charge in [0.2, 0.25) is 0 Å². The van der Waals surface area contributed by atoms with Crippen molar-refractivity contribution in [2.75, 3.05) is 6.54 Å². The van der Waals surface area contributed by atoms with E-state index in [-0.39, 0.29) is 18.1 Å². The van der Waals surface area contributed by atoms with E-state index in [1.54, 1.807) is 11.6 Å². The van der Waals surface area contributed by atoms with Gasteiger partial charge >= 0.3 is 0 Å². The van der Waals surface area contributed by atoms with Gasteiger partial charge in [0.25, 0.3) is 5.91 Å². The van der Waals surface area contributed by atoms with Crippen LogP contribution in [-0.4, -0.2) is 27.2 Å². The number of nitrogens with one attached hydrogen (secondary N) is 1. The largest absolute Gasteiger partial charge is 0.346 e. The van der Waals surface area contributed by atoms with Gasteiger partial charge in [0.1, 0.15) is 5.82 Å². The van der Waals surface area contributed by atoms with Crippen LogP contribution in [-0.2, 0) is 13.1 Å². The van der Waals surface area contributed by atoms with Crippen molar-refractivity contribution in [1.82, 2.24) is 20.1 Å². The Balaban J connectivity index is 0.00000127. The molecule has 2 aromatic rings. The van der Waals surface area contributed by atoms with Crippen LogP contribution in [0.5, 0.6) is 0 Å². The van der Waals surface area contributed by atoms with E-state index in [0.29, 0.717) is 24.3 Å². The molecular formula is C16H24FN5O. The summed E-state index contributed by atoms with van der Waals surface area (Å²) in [4.78, 5) is 16.1. The number of halogens is 1. The van der Waals surface area contributed by atoms with Crippen LogP contribution in [0.15, 0.2) is 18.3 Å². The van der Waals surface area contributed by atoms with Gasteiger partial charge in [0.05, 0.1) is 30.0 Å². The highest BCUT2D eigenvalue weighted by molar-refractivity contribution is 5.96. The van der Waals surface area contributed by atoms with Crippen LogP contribution in [0.4, 0.5) is 4.39 Å². The first-order chi connectivity index (χ1) is 11.0. The molecule has 23 heavy (non-hydrogen) atoms. The smallest absolute Gasteiger partial charge is 0.255 e. The molecule has 3 N–H and O–H groups in total. The number of carbonyl (C=O) groups is 1. The number of rotatable bonds is 5. The first-order valence-corrected chi connectivity index (χ1v) is 7.66. The molecule has 0 unspecified atom stereocenters. The zero-order valence-corrected chi connectivity index (χ0v) is 14.1. The average molecular weight is 321 g/mol. The van der Waals surface area contributed by atoms with Gasteiger partial charge in [-0.25, -0.2) is 4.39 Å². The number of nitrogens with two attached hydrogens (primary N) is 1. The maximum absolute atomic E-state index is 13.5. The van der Waals surface area contributed by atoms with Crippen molar-refractivity contribution in [1.29, 1.82) is 0 Å². The van der Waals surface area contributed by atoms with Gasteiger partial charge in [-0.3, -0.25) is 14.5 Å². The standard InChI is InChI=1S/C14H18FN5O.C2H6/c1-9-13(10(2)20(19-9)7-5-16)14(21)18-8-12-11(15)4-3-6-17-12;1-2/h3-4,6H,5,7-8,16H2,1-2H3,(H,18,21);1-2H3. The molecule has 126 valence electrons. The number of aryl methyl sites for hydroxylation is 1. The van der Waals surface area contributed by atoms with Gasteiger partial charge in [-0.2, -0.15) is 5.10 Å². The zero-order valence-electron chi connectivity index (χ0n) is 14.1. The monoisotopic (exact) mass is 321 g/mol. The van der Waals surface area contributed by atoms with Crippen molar-refractivity contribution in [2.24, 2.45) is 5.73 Å². The van der Waals surface area contributed by atoms with Crippen molar-refractivity contribution < 1.29 is 9.18 Å². The molecule has 0 saturated heterocycles. The summed E-state index contributed by atoms with van der Waals surface area (Å²) in [6.45, 7) is 8.60. The van der Waals surface area contributed by atoms with Crippen LogP contribution in [0, 0.1) is 19.7 Å². The Bertz CT molecular complexity index is 654. The van der Waals surface area contributed by atoms with Crippen molar-refractivity contribution in [3.63, 3.8) is 0 Å². The Morgan fingerprint density at radius 2 is 2.09 bits per heavy atom. The highest BCUT2D eigenvalue weighted by Crippen LogP contribution is 2.13. The van der Waals surface area contributed by atoms with Gasteiger partial charge < -0.3 is 11.1 Å². The summed E-state index contributed by atoms with van der Waals surface area (Å²) < 4.78 is 15.2. The lowest BCUT2D eigenvalue weighted by molar-refractivity contribution is 0.0948. The summed E-state index contributed by atoms with van der Waals surface area (Å²) in [5.41, 5.74) is 7.58. The molecule has 0 radical (unpaired) electrons. The molecule has 0 spiro atoms. The molecule has 0 aliphatic carbocycles. The van der Waals surface area contributed by atoms with Crippen molar-refractivity contribution >= 4 is 5.91 Å². The minimum atomic E-state index is -0.440. The van der Waals surface area contributed by atoms with Crippen molar-refractivity contribution in [3.05, 3.63) is 46.8 Å². The van der Waals surface area contributed by atoms with E-state index in [1.165, 1.54) is 18.3 Å². The van der Waals surface area contributed by atoms with Crippen LogP contribution in [0.3, 0.4) is 0 Å².